The molecule has 0 unspecified atom stereocenters. The highest BCUT2D eigenvalue weighted by Crippen LogP contribution is 2.20. The first-order valence-corrected chi connectivity index (χ1v) is 7.80. The van der Waals surface area contributed by atoms with E-state index in [4.69, 9.17) is 4.74 Å². The third-order valence-corrected chi connectivity index (χ3v) is 4.35. The van der Waals surface area contributed by atoms with Gasteiger partial charge in [0, 0.05) is 26.2 Å². The average molecular weight is 317 g/mol. The van der Waals surface area contributed by atoms with Crippen LogP contribution in [0.4, 0.5) is 0 Å². The van der Waals surface area contributed by atoms with Crippen LogP contribution in [0.15, 0.2) is 23.0 Å². The van der Waals surface area contributed by atoms with Crippen molar-refractivity contribution in [1.29, 1.82) is 0 Å². The van der Waals surface area contributed by atoms with Crippen molar-refractivity contribution in [3.8, 4) is 11.4 Å². The molecule has 1 fully saturated rings. The fourth-order valence-electron chi connectivity index (χ4n) is 2.90. The molecule has 2 heterocycles. The summed E-state index contributed by atoms with van der Waals surface area (Å²) >= 11 is 0. The summed E-state index contributed by atoms with van der Waals surface area (Å²) in [4.78, 5) is 16.9. The van der Waals surface area contributed by atoms with Crippen molar-refractivity contribution in [2.75, 3.05) is 40.3 Å². The number of ether oxygens (including phenoxy) is 1. The lowest BCUT2D eigenvalue weighted by Crippen LogP contribution is -2.44. The first-order valence-electron chi connectivity index (χ1n) is 7.80. The van der Waals surface area contributed by atoms with Crippen molar-refractivity contribution in [2.45, 2.75) is 13.5 Å². The Balaban J connectivity index is 1.88. The predicted octanol–water partition coefficient (Wildman–Crippen LogP) is 0.625. The van der Waals surface area contributed by atoms with Crippen LogP contribution in [0.2, 0.25) is 0 Å². The Hall–Kier alpha value is -2.12. The minimum atomic E-state index is -0.206. The Morgan fingerprint density at radius 3 is 2.65 bits per heavy atom. The second kappa shape index (κ2) is 6.55. The molecule has 0 radical (unpaired) electrons. The maximum atomic E-state index is 12.2. The van der Waals surface area contributed by atoms with Gasteiger partial charge in [-0.15, -0.1) is 0 Å². The van der Waals surface area contributed by atoms with E-state index in [0.717, 1.165) is 49.0 Å². The molecule has 7 nitrogen and oxygen atoms in total. The molecule has 0 spiro atoms. The number of hydrogen-bond acceptors (Lipinski definition) is 5. The Morgan fingerprint density at radius 1 is 1.26 bits per heavy atom. The summed E-state index contributed by atoms with van der Waals surface area (Å²) in [5.74, 6) is 1.52. The maximum Gasteiger partial charge on any atom is 0.347 e. The molecule has 1 aromatic carbocycles. The minimum absolute atomic E-state index is 0.206. The first-order chi connectivity index (χ1) is 11.1. The number of piperazine rings is 1. The van der Waals surface area contributed by atoms with Gasteiger partial charge in [0.2, 0.25) is 0 Å². The maximum absolute atomic E-state index is 12.2. The van der Waals surface area contributed by atoms with Crippen LogP contribution in [0.3, 0.4) is 0 Å². The molecule has 0 atom stereocenters. The van der Waals surface area contributed by atoms with E-state index < -0.39 is 0 Å². The van der Waals surface area contributed by atoms with Gasteiger partial charge in [0.05, 0.1) is 19.3 Å². The van der Waals surface area contributed by atoms with Crippen LogP contribution in [-0.2, 0) is 6.54 Å². The van der Waals surface area contributed by atoms with Crippen LogP contribution in [0.5, 0.6) is 5.75 Å². The van der Waals surface area contributed by atoms with E-state index in [1.54, 1.807) is 11.7 Å². The fourth-order valence-corrected chi connectivity index (χ4v) is 2.90. The number of nitrogens with one attached hydrogen (secondary N) is 1. The summed E-state index contributed by atoms with van der Waals surface area (Å²) in [6, 6.07) is 5.69. The lowest BCUT2D eigenvalue weighted by atomic mass is 10.2. The number of rotatable bonds is 4. The van der Waals surface area contributed by atoms with Crippen molar-refractivity contribution in [2.24, 2.45) is 0 Å². The number of methoxy groups -OCH3 is 1. The Labute approximate surface area is 135 Å². The van der Waals surface area contributed by atoms with E-state index in [0.29, 0.717) is 6.54 Å². The van der Waals surface area contributed by atoms with Gasteiger partial charge in [-0.3, -0.25) is 4.90 Å². The third kappa shape index (κ3) is 3.30. The zero-order valence-electron chi connectivity index (χ0n) is 13.9. The van der Waals surface area contributed by atoms with Gasteiger partial charge < -0.3 is 9.64 Å². The third-order valence-electron chi connectivity index (χ3n) is 4.35. The van der Waals surface area contributed by atoms with Crippen LogP contribution in [-0.4, -0.2) is 64.9 Å². The van der Waals surface area contributed by atoms with Crippen LogP contribution >= 0.6 is 0 Å². The van der Waals surface area contributed by atoms with E-state index >= 15 is 0 Å². The monoisotopic (exact) mass is 317 g/mol. The van der Waals surface area contributed by atoms with Crippen molar-refractivity contribution < 1.29 is 4.74 Å². The SMILES string of the molecule is COc1ccc(-n2c(CN3CCN(C)CC3)n[nH]c2=O)c(C)c1. The number of H-pyrrole nitrogens is 1. The number of likely N-dealkylation sites (N-methyl/N-ethyl adjacent to an activating group) is 1. The molecule has 2 aromatic rings. The largest absolute Gasteiger partial charge is 0.497 e. The molecule has 1 aliphatic rings. The molecule has 7 heteroatoms. The molecule has 0 bridgehead atoms. The van der Waals surface area contributed by atoms with Gasteiger partial charge in [0.1, 0.15) is 5.75 Å². The van der Waals surface area contributed by atoms with Crippen molar-refractivity contribution in [1.82, 2.24) is 24.6 Å². The van der Waals surface area contributed by atoms with Crippen LogP contribution in [0.25, 0.3) is 5.69 Å². The van der Waals surface area contributed by atoms with Crippen LogP contribution in [0.1, 0.15) is 11.4 Å². The van der Waals surface area contributed by atoms with Gasteiger partial charge in [-0.25, -0.2) is 14.5 Å². The Bertz CT molecular complexity index is 728. The summed E-state index contributed by atoms with van der Waals surface area (Å²) in [6.07, 6.45) is 0. The zero-order valence-corrected chi connectivity index (χ0v) is 13.9. The summed E-state index contributed by atoms with van der Waals surface area (Å²) in [7, 11) is 3.76. The molecule has 23 heavy (non-hydrogen) atoms. The molecule has 0 saturated carbocycles. The highest BCUT2D eigenvalue weighted by molar-refractivity contribution is 5.45. The average Bonchev–Trinajstić information content (AvgIpc) is 2.90. The molecular weight excluding hydrogens is 294 g/mol. The van der Waals surface area contributed by atoms with E-state index in [2.05, 4.69) is 27.0 Å². The van der Waals surface area contributed by atoms with Crippen molar-refractivity contribution in [3.63, 3.8) is 0 Å². The molecule has 0 aliphatic carbocycles. The van der Waals surface area contributed by atoms with E-state index in [9.17, 15) is 4.79 Å². The predicted molar refractivity (Wildman–Crippen MR) is 88.2 cm³/mol. The topological polar surface area (TPSA) is 66.4 Å². The number of nitrogens with zero attached hydrogens (tertiary/aromatic N) is 4. The van der Waals surface area contributed by atoms with Gasteiger partial charge in [-0.05, 0) is 37.7 Å². The van der Waals surface area contributed by atoms with E-state index in [1.807, 2.05) is 25.1 Å². The molecule has 0 amide bonds. The fraction of sp³-hybridized carbons (Fsp3) is 0.500. The number of aryl methyl sites for hydroxylation is 1. The van der Waals surface area contributed by atoms with E-state index in [1.165, 1.54) is 0 Å². The highest BCUT2D eigenvalue weighted by Gasteiger charge is 2.19. The summed E-state index contributed by atoms with van der Waals surface area (Å²) in [5, 5.41) is 6.81. The van der Waals surface area contributed by atoms with Crippen LogP contribution < -0.4 is 10.4 Å². The standard InChI is InChI=1S/C16H23N5O2/c1-12-10-13(23-3)4-5-14(12)21-15(17-18-16(21)22)11-20-8-6-19(2)7-9-20/h4-5,10H,6-9,11H2,1-3H3,(H,18,22). The highest BCUT2D eigenvalue weighted by atomic mass is 16.5. The van der Waals surface area contributed by atoms with Crippen molar-refractivity contribution in [3.05, 3.63) is 40.1 Å². The second-order valence-electron chi connectivity index (χ2n) is 6.01. The lowest BCUT2D eigenvalue weighted by molar-refractivity contribution is 0.145. The molecule has 1 aromatic heterocycles. The van der Waals surface area contributed by atoms with Gasteiger partial charge >= 0.3 is 5.69 Å². The van der Waals surface area contributed by atoms with Crippen LogP contribution in [0, 0.1) is 6.92 Å². The lowest BCUT2D eigenvalue weighted by Gasteiger charge is -2.31. The minimum Gasteiger partial charge on any atom is -0.497 e. The van der Waals surface area contributed by atoms with E-state index in [-0.39, 0.29) is 5.69 Å². The molecule has 1 saturated heterocycles. The molecule has 3 rings (SSSR count). The van der Waals surface area contributed by atoms with Gasteiger partial charge in [0.15, 0.2) is 5.82 Å². The smallest absolute Gasteiger partial charge is 0.347 e. The Morgan fingerprint density at radius 2 is 2.00 bits per heavy atom. The van der Waals surface area contributed by atoms with Gasteiger partial charge in [-0.1, -0.05) is 0 Å². The molecule has 1 aliphatic heterocycles. The summed E-state index contributed by atoms with van der Waals surface area (Å²) in [6.45, 7) is 6.68. The quantitative estimate of drug-likeness (QED) is 0.896. The first kappa shape index (κ1) is 15.8. The molecule has 124 valence electrons. The molecule has 1 N–H and O–H groups in total. The number of hydrogen-bond donors (Lipinski definition) is 1. The molecular formula is C16H23N5O2. The second-order valence-corrected chi connectivity index (χ2v) is 6.01. The normalized spacial score (nSPS) is 16.7. The summed E-state index contributed by atoms with van der Waals surface area (Å²) in [5.41, 5.74) is 1.61. The Kier molecular flexibility index (Phi) is 4.49. The number of benzene rings is 1. The number of aromatic amines is 1. The van der Waals surface area contributed by atoms with Gasteiger partial charge in [-0.2, -0.15) is 5.10 Å². The zero-order chi connectivity index (χ0) is 16.4. The van der Waals surface area contributed by atoms with Gasteiger partial charge in [0.25, 0.3) is 0 Å². The van der Waals surface area contributed by atoms with Crippen molar-refractivity contribution >= 4 is 0 Å². The number of aromatic nitrogens is 3. The summed E-state index contributed by atoms with van der Waals surface area (Å²) < 4.78 is 6.90.